The maximum atomic E-state index is 11.7. The van der Waals surface area contributed by atoms with E-state index in [-0.39, 0.29) is 23.7 Å². The molecule has 0 amide bonds. The summed E-state index contributed by atoms with van der Waals surface area (Å²) < 4.78 is 4.89. The fraction of sp³-hybridized carbons (Fsp3) is 0.143. The third kappa shape index (κ3) is 3.20. The van der Waals surface area contributed by atoms with Gasteiger partial charge in [-0.3, -0.25) is 4.79 Å². The summed E-state index contributed by atoms with van der Waals surface area (Å²) in [7, 11) is 0. The summed E-state index contributed by atoms with van der Waals surface area (Å²) >= 11 is 1.36. The Morgan fingerprint density at radius 1 is 1.21 bits per heavy atom. The van der Waals surface area contributed by atoms with Gasteiger partial charge in [0.25, 0.3) is 0 Å². The van der Waals surface area contributed by atoms with Crippen LogP contribution in [0.1, 0.15) is 24.9 Å². The number of carbonyl (C=O) groups excluding carboxylic acids is 2. The number of phenols is 1. The average Bonchev–Trinajstić information content (AvgIpc) is 2.83. The summed E-state index contributed by atoms with van der Waals surface area (Å²) in [5.74, 6) is -1.12. The summed E-state index contributed by atoms with van der Waals surface area (Å²) in [6.07, 6.45) is 0. The molecule has 0 aliphatic carbocycles. The first kappa shape index (κ1) is 13.3. The molecule has 98 valence electrons. The number of hydrogen-bond acceptors (Lipinski definition) is 5. The van der Waals surface area contributed by atoms with Crippen molar-refractivity contribution in [3.8, 4) is 5.75 Å². The topological polar surface area (TPSA) is 63.6 Å². The molecule has 0 bridgehead atoms. The number of phenolic OH excluding ortho intramolecular Hbond substituents is 1. The molecule has 1 aromatic heterocycles. The van der Waals surface area contributed by atoms with Crippen LogP contribution < -0.4 is 0 Å². The number of ether oxygens (including phenoxy) is 1. The number of carbonyl (C=O) groups is 2. The van der Waals surface area contributed by atoms with E-state index in [1.54, 1.807) is 18.2 Å². The average molecular weight is 276 g/mol. The van der Waals surface area contributed by atoms with Crippen molar-refractivity contribution < 1.29 is 19.4 Å². The predicted molar refractivity (Wildman–Crippen MR) is 71.8 cm³/mol. The van der Waals surface area contributed by atoms with Crippen molar-refractivity contribution in [3.05, 3.63) is 51.7 Å². The second-order valence-electron chi connectivity index (χ2n) is 3.93. The van der Waals surface area contributed by atoms with Crippen molar-refractivity contribution in [2.45, 2.75) is 6.92 Å². The molecule has 1 aromatic carbocycles. The molecule has 2 rings (SSSR count). The first-order valence-corrected chi connectivity index (χ1v) is 6.44. The van der Waals surface area contributed by atoms with Gasteiger partial charge >= 0.3 is 5.97 Å². The maximum absolute atomic E-state index is 11.7. The highest BCUT2D eigenvalue weighted by molar-refractivity contribution is 7.14. The van der Waals surface area contributed by atoms with E-state index in [0.29, 0.717) is 4.88 Å². The molecule has 1 N–H and O–H groups in total. The van der Waals surface area contributed by atoms with Crippen molar-refractivity contribution in [1.29, 1.82) is 0 Å². The Balaban J connectivity index is 1.98. The minimum atomic E-state index is -0.709. The molecule has 0 aliphatic heterocycles. The lowest BCUT2D eigenvalue weighted by molar-refractivity contribution is 0.0473. The molecule has 0 fully saturated rings. The highest BCUT2D eigenvalue weighted by Crippen LogP contribution is 2.18. The van der Waals surface area contributed by atoms with Crippen LogP contribution in [0.5, 0.6) is 5.75 Å². The Hall–Kier alpha value is -2.14. The van der Waals surface area contributed by atoms with Crippen molar-refractivity contribution in [2.24, 2.45) is 0 Å². The zero-order chi connectivity index (χ0) is 13.8. The molecular formula is C14H12O4S. The number of aromatic hydroxyl groups is 1. The van der Waals surface area contributed by atoms with Crippen LogP contribution in [0.3, 0.4) is 0 Å². The lowest BCUT2D eigenvalue weighted by Crippen LogP contribution is -2.13. The van der Waals surface area contributed by atoms with E-state index in [9.17, 15) is 14.7 Å². The zero-order valence-corrected chi connectivity index (χ0v) is 11.1. The van der Waals surface area contributed by atoms with Gasteiger partial charge in [0, 0.05) is 4.88 Å². The molecular weight excluding hydrogens is 264 g/mol. The van der Waals surface area contributed by atoms with E-state index in [1.165, 1.54) is 23.5 Å². The molecule has 0 atom stereocenters. The number of benzene rings is 1. The summed E-state index contributed by atoms with van der Waals surface area (Å²) in [5, 5.41) is 9.48. The van der Waals surface area contributed by atoms with Gasteiger partial charge in [-0.05, 0) is 31.2 Å². The van der Waals surface area contributed by atoms with E-state index >= 15 is 0 Å². The number of esters is 1. The smallest absolute Gasteiger partial charge is 0.342 e. The summed E-state index contributed by atoms with van der Waals surface area (Å²) in [6, 6.07) is 9.59. The first-order valence-electron chi connectivity index (χ1n) is 5.62. The van der Waals surface area contributed by atoms with Crippen LogP contribution in [0.15, 0.2) is 36.4 Å². The van der Waals surface area contributed by atoms with E-state index in [4.69, 9.17) is 4.74 Å². The van der Waals surface area contributed by atoms with Gasteiger partial charge in [0.05, 0.1) is 4.88 Å². The number of rotatable bonds is 4. The van der Waals surface area contributed by atoms with Gasteiger partial charge in [0.15, 0.2) is 6.61 Å². The number of aryl methyl sites for hydroxylation is 1. The molecule has 0 unspecified atom stereocenters. The van der Waals surface area contributed by atoms with Crippen molar-refractivity contribution in [3.63, 3.8) is 0 Å². The van der Waals surface area contributed by atoms with Gasteiger partial charge in [-0.1, -0.05) is 12.1 Å². The van der Waals surface area contributed by atoms with Crippen LogP contribution in [-0.2, 0) is 4.74 Å². The Morgan fingerprint density at radius 2 is 1.95 bits per heavy atom. The minimum absolute atomic E-state index is 0.0534. The Bertz CT molecular complexity index is 615. The maximum Gasteiger partial charge on any atom is 0.342 e. The van der Waals surface area contributed by atoms with Crippen molar-refractivity contribution >= 4 is 23.1 Å². The van der Waals surface area contributed by atoms with Gasteiger partial charge in [0.1, 0.15) is 11.3 Å². The number of hydrogen-bond donors (Lipinski definition) is 1. The van der Waals surface area contributed by atoms with E-state index < -0.39 is 5.97 Å². The van der Waals surface area contributed by atoms with Gasteiger partial charge in [-0.2, -0.15) is 0 Å². The third-order valence-electron chi connectivity index (χ3n) is 2.47. The molecule has 0 aliphatic rings. The molecule has 4 nitrogen and oxygen atoms in total. The molecule has 2 aromatic rings. The van der Waals surface area contributed by atoms with Crippen molar-refractivity contribution in [1.82, 2.24) is 0 Å². The highest BCUT2D eigenvalue weighted by atomic mass is 32.1. The third-order valence-corrected chi connectivity index (χ3v) is 3.52. The molecule has 5 heteroatoms. The largest absolute Gasteiger partial charge is 0.507 e. The van der Waals surface area contributed by atoms with Gasteiger partial charge < -0.3 is 9.84 Å². The van der Waals surface area contributed by atoms with Crippen LogP contribution >= 0.6 is 11.3 Å². The van der Waals surface area contributed by atoms with E-state index in [1.807, 2.05) is 13.0 Å². The van der Waals surface area contributed by atoms with Crippen LogP contribution in [0.25, 0.3) is 0 Å². The monoisotopic (exact) mass is 276 g/mol. The quantitative estimate of drug-likeness (QED) is 0.689. The van der Waals surface area contributed by atoms with E-state index in [0.717, 1.165) is 4.88 Å². The van der Waals surface area contributed by atoms with Crippen LogP contribution in [0.4, 0.5) is 0 Å². The summed E-state index contributed by atoms with van der Waals surface area (Å²) in [4.78, 5) is 25.0. The van der Waals surface area contributed by atoms with Gasteiger partial charge in [-0.15, -0.1) is 11.3 Å². The van der Waals surface area contributed by atoms with Crippen LogP contribution in [0.2, 0.25) is 0 Å². The molecule has 0 radical (unpaired) electrons. The Kier molecular flexibility index (Phi) is 3.97. The Morgan fingerprint density at radius 3 is 2.58 bits per heavy atom. The summed E-state index contributed by atoms with van der Waals surface area (Å²) in [5.41, 5.74) is 0.0534. The van der Waals surface area contributed by atoms with Crippen molar-refractivity contribution in [2.75, 3.05) is 6.61 Å². The number of thiophene rings is 1. The standard InChI is InChI=1S/C14H12O4S/c1-9-6-7-13(19-9)12(16)8-18-14(17)10-4-2-3-5-11(10)15/h2-7,15H,8H2,1H3. The number of Topliss-reactive ketones (excluding diaryl/α,β-unsaturated/α-hetero) is 1. The SMILES string of the molecule is Cc1ccc(C(=O)COC(=O)c2ccccc2O)s1. The lowest BCUT2D eigenvalue weighted by atomic mass is 10.2. The second-order valence-corrected chi connectivity index (χ2v) is 5.21. The number of ketones is 1. The molecule has 0 saturated heterocycles. The highest BCUT2D eigenvalue weighted by Gasteiger charge is 2.15. The van der Waals surface area contributed by atoms with Crippen LogP contribution in [0, 0.1) is 6.92 Å². The lowest BCUT2D eigenvalue weighted by Gasteiger charge is -2.04. The second kappa shape index (κ2) is 5.67. The van der Waals surface area contributed by atoms with Gasteiger partial charge in [0.2, 0.25) is 5.78 Å². The van der Waals surface area contributed by atoms with Gasteiger partial charge in [-0.25, -0.2) is 4.79 Å². The molecule has 0 spiro atoms. The number of para-hydroxylation sites is 1. The zero-order valence-electron chi connectivity index (χ0n) is 10.3. The van der Waals surface area contributed by atoms with E-state index in [2.05, 4.69) is 0 Å². The fourth-order valence-electron chi connectivity index (χ4n) is 1.51. The molecule has 1 heterocycles. The predicted octanol–water partition coefficient (Wildman–Crippen LogP) is 2.80. The summed E-state index contributed by atoms with van der Waals surface area (Å²) in [6.45, 7) is 1.57. The van der Waals surface area contributed by atoms with Crippen LogP contribution in [-0.4, -0.2) is 23.5 Å². The first-order chi connectivity index (χ1) is 9.08. The molecule has 0 saturated carbocycles. The Labute approximate surface area is 114 Å². The molecule has 19 heavy (non-hydrogen) atoms. The fourth-order valence-corrected chi connectivity index (χ4v) is 2.30. The normalized spacial score (nSPS) is 10.2. The minimum Gasteiger partial charge on any atom is -0.507 e.